The molecule has 0 heterocycles. The Morgan fingerprint density at radius 2 is 0.815 bits per heavy atom. The average Bonchev–Trinajstić information content (AvgIpc) is 3.02. The van der Waals surface area contributed by atoms with Crippen LogP contribution in [0, 0.1) is 23.3 Å². The van der Waals surface area contributed by atoms with Crippen LogP contribution in [0.4, 0.5) is 70.2 Å². The Morgan fingerprint density at radius 3 is 1.11 bits per heavy atom. The molecule has 4 aromatic carbocycles. The lowest BCUT2D eigenvalue weighted by atomic mass is 10.1. The first kappa shape index (κ1) is 42.7. The standard InChI is InChI=1S/C17H10F8O3.C15H6F8O3/c1-2-27-15(26)11-6-13(19)14(7-12(11)18)28-10-4-8(16(20,21)22)3-9(5-10)17(23,24)25;16-10-5-12(11(17)4-9(10)13(24)25)26-8-2-6(14(18,19)20)1-7(3-8)15(21,22)23/h3-7H,2H2,1H3;1-5H,(H,24,25). The first-order chi connectivity index (χ1) is 24.6. The molecular formula is C32H16F16O6. The molecule has 0 bridgehead atoms. The summed E-state index contributed by atoms with van der Waals surface area (Å²) >= 11 is 0. The fraction of sp³-hybridized carbons (Fsp3) is 0.188. The van der Waals surface area contributed by atoms with Gasteiger partial charge in [-0.2, -0.15) is 52.7 Å². The minimum Gasteiger partial charge on any atom is -0.478 e. The maximum absolute atomic E-state index is 14.0. The molecule has 54 heavy (non-hydrogen) atoms. The summed E-state index contributed by atoms with van der Waals surface area (Å²) in [5, 5.41) is 8.63. The van der Waals surface area contributed by atoms with Crippen molar-refractivity contribution in [1.82, 2.24) is 0 Å². The third-order valence-corrected chi connectivity index (χ3v) is 6.35. The van der Waals surface area contributed by atoms with Crippen molar-refractivity contribution in [3.05, 3.63) is 117 Å². The summed E-state index contributed by atoms with van der Waals surface area (Å²) in [7, 11) is 0. The van der Waals surface area contributed by atoms with Crippen molar-refractivity contribution >= 4 is 11.9 Å². The van der Waals surface area contributed by atoms with E-state index in [-0.39, 0.29) is 55.1 Å². The zero-order chi connectivity index (χ0) is 41.1. The zero-order valence-corrected chi connectivity index (χ0v) is 26.0. The molecule has 1 N–H and O–H groups in total. The summed E-state index contributed by atoms with van der Waals surface area (Å²) in [6.45, 7) is 1.28. The Hall–Kier alpha value is -5.70. The first-order valence-corrected chi connectivity index (χ1v) is 13.9. The second-order valence-corrected chi connectivity index (χ2v) is 10.2. The van der Waals surface area contributed by atoms with Gasteiger partial charge in [0.15, 0.2) is 23.1 Å². The third kappa shape index (κ3) is 10.9. The second-order valence-electron chi connectivity index (χ2n) is 10.2. The monoisotopic (exact) mass is 800 g/mol. The number of halogens is 16. The topological polar surface area (TPSA) is 82.1 Å². The molecule has 0 unspecified atom stereocenters. The Kier molecular flexibility index (Phi) is 12.4. The number of carbonyl (C=O) groups is 2. The minimum absolute atomic E-state index is 0.136. The van der Waals surface area contributed by atoms with Crippen molar-refractivity contribution in [2.45, 2.75) is 31.6 Å². The third-order valence-electron chi connectivity index (χ3n) is 6.35. The van der Waals surface area contributed by atoms with E-state index in [9.17, 15) is 79.8 Å². The molecule has 0 amide bonds. The van der Waals surface area contributed by atoms with Crippen LogP contribution in [-0.4, -0.2) is 23.7 Å². The molecule has 22 heteroatoms. The van der Waals surface area contributed by atoms with E-state index >= 15 is 0 Å². The van der Waals surface area contributed by atoms with Crippen LogP contribution < -0.4 is 9.47 Å². The zero-order valence-electron chi connectivity index (χ0n) is 26.0. The Balaban J connectivity index is 0.000000291. The largest absolute Gasteiger partial charge is 0.478 e. The van der Waals surface area contributed by atoms with Gasteiger partial charge in [-0.15, -0.1) is 0 Å². The van der Waals surface area contributed by atoms with Gasteiger partial charge in [0.1, 0.15) is 23.1 Å². The predicted octanol–water partition coefficient (Wildman–Crippen LogP) is 11.5. The van der Waals surface area contributed by atoms with Crippen molar-refractivity contribution in [2.24, 2.45) is 0 Å². The Morgan fingerprint density at radius 1 is 0.500 bits per heavy atom. The van der Waals surface area contributed by atoms with Crippen molar-refractivity contribution in [3.63, 3.8) is 0 Å². The predicted molar refractivity (Wildman–Crippen MR) is 149 cm³/mol. The fourth-order valence-corrected chi connectivity index (χ4v) is 3.97. The summed E-state index contributed by atoms with van der Waals surface area (Å²) < 4.78 is 222. The number of ether oxygens (including phenoxy) is 3. The minimum atomic E-state index is -5.16. The number of rotatable bonds is 7. The Bertz CT molecular complexity index is 1970. The quantitative estimate of drug-likeness (QED) is 0.148. The highest BCUT2D eigenvalue weighted by Crippen LogP contribution is 2.41. The lowest BCUT2D eigenvalue weighted by molar-refractivity contribution is -0.144. The van der Waals surface area contributed by atoms with Crippen molar-refractivity contribution in [3.8, 4) is 23.0 Å². The molecule has 0 aliphatic carbocycles. The van der Waals surface area contributed by atoms with Crippen LogP contribution in [0.2, 0.25) is 0 Å². The molecule has 4 rings (SSSR count). The van der Waals surface area contributed by atoms with E-state index in [0.29, 0.717) is 12.1 Å². The average molecular weight is 800 g/mol. The molecule has 6 nitrogen and oxygen atoms in total. The van der Waals surface area contributed by atoms with Crippen molar-refractivity contribution < 1.29 is 99.2 Å². The van der Waals surface area contributed by atoms with Gasteiger partial charge < -0.3 is 19.3 Å². The van der Waals surface area contributed by atoms with E-state index in [1.807, 2.05) is 0 Å². The highest BCUT2D eigenvalue weighted by Gasteiger charge is 2.39. The number of hydrogen-bond acceptors (Lipinski definition) is 5. The van der Waals surface area contributed by atoms with Crippen LogP contribution in [0.25, 0.3) is 0 Å². The van der Waals surface area contributed by atoms with Gasteiger partial charge in [-0.3, -0.25) is 0 Å². The summed E-state index contributed by atoms with van der Waals surface area (Å²) in [5.74, 6) is -12.9. The number of carboxylic acids is 1. The summed E-state index contributed by atoms with van der Waals surface area (Å²) in [4.78, 5) is 22.1. The fourth-order valence-electron chi connectivity index (χ4n) is 3.97. The molecule has 0 radical (unpaired) electrons. The summed E-state index contributed by atoms with van der Waals surface area (Å²) in [6.07, 6.45) is -20.6. The van der Waals surface area contributed by atoms with E-state index in [4.69, 9.17) is 5.11 Å². The maximum atomic E-state index is 14.0. The Labute approximate surface area is 290 Å². The number of carboxylic acid groups (broad SMARTS) is 1. The van der Waals surface area contributed by atoms with Crippen LogP contribution in [0.15, 0.2) is 60.7 Å². The van der Waals surface area contributed by atoms with Gasteiger partial charge in [-0.05, 0) is 55.5 Å². The van der Waals surface area contributed by atoms with Gasteiger partial charge in [-0.1, -0.05) is 0 Å². The van der Waals surface area contributed by atoms with Crippen LogP contribution >= 0.6 is 0 Å². The molecule has 4 aromatic rings. The molecule has 0 spiro atoms. The molecule has 0 saturated heterocycles. The van der Waals surface area contributed by atoms with E-state index in [1.165, 1.54) is 6.92 Å². The van der Waals surface area contributed by atoms with Crippen LogP contribution in [0.3, 0.4) is 0 Å². The van der Waals surface area contributed by atoms with Crippen LogP contribution in [-0.2, 0) is 29.4 Å². The molecule has 0 saturated carbocycles. The molecule has 0 aliphatic rings. The lowest BCUT2D eigenvalue weighted by Gasteiger charge is -2.15. The number of benzene rings is 4. The summed E-state index contributed by atoms with van der Waals surface area (Å²) in [6, 6.07) is 1.48. The highest BCUT2D eigenvalue weighted by atomic mass is 19.4. The number of alkyl halides is 12. The van der Waals surface area contributed by atoms with E-state index < -0.39 is 116 Å². The van der Waals surface area contributed by atoms with Gasteiger partial charge in [0.05, 0.1) is 40.0 Å². The second kappa shape index (κ2) is 15.7. The van der Waals surface area contributed by atoms with E-state index in [0.717, 1.165) is 0 Å². The molecule has 0 aromatic heterocycles. The molecule has 292 valence electrons. The van der Waals surface area contributed by atoms with Crippen molar-refractivity contribution in [2.75, 3.05) is 6.61 Å². The number of hydrogen-bond donors (Lipinski definition) is 1. The number of carbonyl (C=O) groups excluding carboxylic acids is 1. The SMILES string of the molecule is CCOC(=O)c1cc(F)c(Oc2cc(C(F)(F)F)cc(C(F)(F)F)c2)cc1F.O=C(O)c1cc(F)c(Oc2cc(C(F)(F)F)cc(C(F)(F)F)c2)cc1F. The van der Waals surface area contributed by atoms with Gasteiger partial charge in [-0.25, -0.2) is 27.2 Å². The normalized spacial score (nSPS) is 12.1. The summed E-state index contributed by atoms with van der Waals surface area (Å²) in [5.41, 5.74) is -8.72. The van der Waals surface area contributed by atoms with Crippen LogP contribution in [0.1, 0.15) is 49.9 Å². The number of esters is 1. The number of aromatic carboxylic acids is 1. The lowest BCUT2D eigenvalue weighted by Crippen LogP contribution is -2.11. The maximum Gasteiger partial charge on any atom is 0.416 e. The van der Waals surface area contributed by atoms with E-state index in [2.05, 4.69) is 14.2 Å². The van der Waals surface area contributed by atoms with Crippen LogP contribution in [0.5, 0.6) is 23.0 Å². The molecule has 0 aliphatic heterocycles. The van der Waals surface area contributed by atoms with Crippen molar-refractivity contribution in [1.29, 1.82) is 0 Å². The highest BCUT2D eigenvalue weighted by molar-refractivity contribution is 5.90. The van der Waals surface area contributed by atoms with E-state index in [1.54, 1.807) is 0 Å². The molecule has 0 fully saturated rings. The smallest absolute Gasteiger partial charge is 0.416 e. The van der Waals surface area contributed by atoms with Gasteiger partial charge in [0.2, 0.25) is 0 Å². The van der Waals surface area contributed by atoms with Gasteiger partial charge >= 0.3 is 36.6 Å². The first-order valence-electron chi connectivity index (χ1n) is 13.9. The molecular weight excluding hydrogens is 784 g/mol. The molecule has 0 atom stereocenters. The van der Waals surface area contributed by atoms with Gasteiger partial charge in [0, 0.05) is 12.1 Å². The van der Waals surface area contributed by atoms with Gasteiger partial charge in [0.25, 0.3) is 0 Å².